The number of nitriles is 1. The van der Waals surface area contributed by atoms with Crippen LogP contribution in [0.2, 0.25) is 0 Å². The fourth-order valence-corrected chi connectivity index (χ4v) is 1.19. The fraction of sp³-hybridized carbons (Fsp3) is 0.750. The summed E-state index contributed by atoms with van der Waals surface area (Å²) in [5.41, 5.74) is 5.10. The second kappa shape index (κ2) is 3.55. The molecule has 1 saturated carbocycles. The van der Waals surface area contributed by atoms with Crippen molar-refractivity contribution in [1.29, 1.82) is 5.26 Å². The van der Waals surface area contributed by atoms with Crippen molar-refractivity contribution in [2.45, 2.75) is 31.2 Å². The van der Waals surface area contributed by atoms with Crippen molar-refractivity contribution >= 4 is 5.91 Å². The Kier molecular flexibility index (Phi) is 2.66. The van der Waals surface area contributed by atoms with Crippen molar-refractivity contribution in [2.24, 2.45) is 5.73 Å². The van der Waals surface area contributed by atoms with Crippen molar-refractivity contribution in [3.05, 3.63) is 0 Å². The molecule has 0 aromatic heterocycles. The lowest BCUT2D eigenvalue weighted by Crippen LogP contribution is -2.58. The van der Waals surface area contributed by atoms with E-state index >= 15 is 0 Å². The zero-order valence-electron chi connectivity index (χ0n) is 6.97. The molecule has 1 amide bonds. The summed E-state index contributed by atoms with van der Waals surface area (Å²) in [6.45, 7) is 0.411. The highest BCUT2D eigenvalue weighted by Crippen LogP contribution is 2.28. The molecule has 4 heteroatoms. The Morgan fingerprint density at radius 1 is 1.67 bits per heavy atom. The molecule has 0 spiro atoms. The Hall–Kier alpha value is -1.08. The highest BCUT2D eigenvalue weighted by atomic mass is 16.2. The first kappa shape index (κ1) is 9.01. The van der Waals surface area contributed by atoms with Crippen LogP contribution in [0.15, 0.2) is 0 Å². The van der Waals surface area contributed by atoms with E-state index in [0.29, 0.717) is 13.0 Å². The van der Waals surface area contributed by atoms with Gasteiger partial charge in [-0.15, -0.1) is 0 Å². The Bertz CT molecular complexity index is 215. The number of nitrogens with zero attached hydrogens (tertiary/aromatic N) is 1. The summed E-state index contributed by atoms with van der Waals surface area (Å²) in [5, 5.41) is 10.9. The van der Waals surface area contributed by atoms with E-state index in [1.807, 2.05) is 6.07 Å². The van der Waals surface area contributed by atoms with Gasteiger partial charge in [-0.3, -0.25) is 4.79 Å². The maximum atomic E-state index is 11.3. The summed E-state index contributed by atoms with van der Waals surface area (Å²) in [4.78, 5) is 11.3. The number of rotatable bonds is 3. The topological polar surface area (TPSA) is 78.9 Å². The molecule has 12 heavy (non-hydrogen) atoms. The molecular formula is C8H13N3O. The predicted molar refractivity (Wildman–Crippen MR) is 44.0 cm³/mol. The van der Waals surface area contributed by atoms with Crippen LogP contribution in [0.25, 0.3) is 0 Å². The van der Waals surface area contributed by atoms with E-state index in [9.17, 15) is 4.79 Å². The van der Waals surface area contributed by atoms with Crippen LogP contribution < -0.4 is 11.1 Å². The molecule has 0 aromatic rings. The monoisotopic (exact) mass is 167 g/mol. The maximum absolute atomic E-state index is 11.3. The van der Waals surface area contributed by atoms with E-state index < -0.39 is 5.54 Å². The normalized spacial score (nSPS) is 19.0. The molecule has 0 atom stereocenters. The van der Waals surface area contributed by atoms with Crippen molar-refractivity contribution in [3.8, 4) is 6.07 Å². The molecule has 4 nitrogen and oxygen atoms in total. The number of nitrogens with one attached hydrogen (secondary N) is 1. The van der Waals surface area contributed by atoms with Gasteiger partial charge in [-0.25, -0.2) is 0 Å². The minimum absolute atomic E-state index is 0.107. The minimum Gasteiger partial charge on any atom is -0.353 e. The molecule has 1 aliphatic carbocycles. The van der Waals surface area contributed by atoms with E-state index in [1.54, 1.807) is 0 Å². The number of hydrogen-bond acceptors (Lipinski definition) is 3. The predicted octanol–water partition coefficient (Wildman–Crippen LogP) is -0.102. The number of nitrogens with two attached hydrogens (primary N) is 1. The van der Waals surface area contributed by atoms with Gasteiger partial charge in [-0.1, -0.05) is 0 Å². The second-order valence-electron chi connectivity index (χ2n) is 3.17. The smallest absolute Gasteiger partial charge is 0.240 e. The molecule has 1 fully saturated rings. The van der Waals surface area contributed by atoms with Crippen LogP contribution in [0.3, 0.4) is 0 Å². The lowest BCUT2D eigenvalue weighted by atomic mass is 9.77. The van der Waals surface area contributed by atoms with Gasteiger partial charge >= 0.3 is 0 Å². The zero-order valence-corrected chi connectivity index (χ0v) is 6.97. The molecule has 1 rings (SSSR count). The highest BCUT2D eigenvalue weighted by Gasteiger charge is 2.39. The summed E-state index contributed by atoms with van der Waals surface area (Å²) in [7, 11) is 0. The summed E-state index contributed by atoms with van der Waals surface area (Å²) in [6, 6.07) is 1.95. The van der Waals surface area contributed by atoms with Crippen LogP contribution in [0.1, 0.15) is 25.7 Å². The molecule has 0 aliphatic heterocycles. The number of carbonyl (C=O) groups excluding carboxylic acids is 1. The van der Waals surface area contributed by atoms with Crippen molar-refractivity contribution in [3.63, 3.8) is 0 Å². The Morgan fingerprint density at radius 2 is 2.33 bits per heavy atom. The van der Waals surface area contributed by atoms with Gasteiger partial charge in [0, 0.05) is 6.54 Å². The lowest BCUT2D eigenvalue weighted by Gasteiger charge is -2.36. The van der Waals surface area contributed by atoms with Crippen molar-refractivity contribution < 1.29 is 4.79 Å². The first-order valence-electron chi connectivity index (χ1n) is 4.13. The third-order valence-electron chi connectivity index (χ3n) is 2.22. The quantitative estimate of drug-likeness (QED) is 0.576. The molecule has 0 heterocycles. The molecule has 3 N–H and O–H groups in total. The Balaban J connectivity index is 2.24. The number of amides is 1. The van der Waals surface area contributed by atoms with Crippen molar-refractivity contribution in [1.82, 2.24) is 5.32 Å². The standard InChI is InChI=1S/C8H13N3O/c9-5-2-6-11-7(12)8(10)3-1-4-8/h1-4,6,10H2,(H,11,12). The second-order valence-corrected chi connectivity index (χ2v) is 3.17. The van der Waals surface area contributed by atoms with Gasteiger partial charge in [0.05, 0.1) is 18.0 Å². The van der Waals surface area contributed by atoms with Crippen LogP contribution in [-0.2, 0) is 4.79 Å². The SMILES string of the molecule is N#CCCNC(=O)C1(N)CCC1. The largest absolute Gasteiger partial charge is 0.353 e. The van der Waals surface area contributed by atoms with Crippen LogP contribution in [0.5, 0.6) is 0 Å². The summed E-state index contributed by atoms with van der Waals surface area (Å²) in [6.07, 6.45) is 2.92. The van der Waals surface area contributed by atoms with Crippen LogP contribution in [-0.4, -0.2) is 18.0 Å². The lowest BCUT2D eigenvalue weighted by molar-refractivity contribution is -0.129. The van der Waals surface area contributed by atoms with Gasteiger partial charge in [-0.05, 0) is 19.3 Å². The fourth-order valence-electron chi connectivity index (χ4n) is 1.19. The van der Waals surface area contributed by atoms with E-state index in [2.05, 4.69) is 5.32 Å². The minimum atomic E-state index is -0.630. The first-order valence-corrected chi connectivity index (χ1v) is 4.13. The summed E-state index contributed by atoms with van der Waals surface area (Å²) in [5.74, 6) is -0.107. The van der Waals surface area contributed by atoms with Gasteiger partial charge in [0.25, 0.3) is 0 Å². The van der Waals surface area contributed by atoms with E-state index in [1.165, 1.54) is 0 Å². The third kappa shape index (κ3) is 1.74. The summed E-state index contributed by atoms with van der Waals surface area (Å²) < 4.78 is 0. The van der Waals surface area contributed by atoms with E-state index in [0.717, 1.165) is 19.3 Å². The van der Waals surface area contributed by atoms with Gasteiger partial charge in [0.1, 0.15) is 0 Å². The molecular weight excluding hydrogens is 154 g/mol. The van der Waals surface area contributed by atoms with Crippen LogP contribution >= 0.6 is 0 Å². The third-order valence-corrected chi connectivity index (χ3v) is 2.22. The molecule has 1 aliphatic rings. The van der Waals surface area contributed by atoms with Gasteiger partial charge in [0.15, 0.2) is 0 Å². The highest BCUT2D eigenvalue weighted by molar-refractivity contribution is 5.86. The van der Waals surface area contributed by atoms with Crippen LogP contribution in [0.4, 0.5) is 0 Å². The average Bonchev–Trinajstić information content (AvgIpc) is 2.00. The molecule has 0 saturated heterocycles. The average molecular weight is 167 g/mol. The zero-order chi connectivity index (χ0) is 9.03. The van der Waals surface area contributed by atoms with Gasteiger partial charge in [0.2, 0.25) is 5.91 Å². The first-order chi connectivity index (χ1) is 5.69. The number of carbonyl (C=O) groups is 1. The Labute approximate surface area is 71.7 Å². The Morgan fingerprint density at radius 3 is 2.75 bits per heavy atom. The molecule has 0 radical (unpaired) electrons. The molecule has 0 aromatic carbocycles. The van der Waals surface area contributed by atoms with E-state index in [-0.39, 0.29) is 5.91 Å². The van der Waals surface area contributed by atoms with Crippen LogP contribution in [0, 0.1) is 11.3 Å². The van der Waals surface area contributed by atoms with Gasteiger partial charge in [-0.2, -0.15) is 5.26 Å². The number of hydrogen-bond donors (Lipinski definition) is 2. The summed E-state index contributed by atoms with van der Waals surface area (Å²) >= 11 is 0. The molecule has 0 bridgehead atoms. The maximum Gasteiger partial charge on any atom is 0.240 e. The molecule has 0 unspecified atom stereocenters. The van der Waals surface area contributed by atoms with E-state index in [4.69, 9.17) is 11.0 Å². The van der Waals surface area contributed by atoms with Gasteiger partial charge < -0.3 is 11.1 Å². The van der Waals surface area contributed by atoms with Crippen molar-refractivity contribution in [2.75, 3.05) is 6.54 Å². The molecule has 66 valence electrons.